The number of fused-ring (bicyclic) bond motifs is 3. The Morgan fingerprint density at radius 1 is 0.864 bits per heavy atom. The molecular weight excluding hydrogens is 570 g/mol. The summed E-state index contributed by atoms with van der Waals surface area (Å²) in [5, 5.41) is 22.2. The van der Waals surface area contributed by atoms with Gasteiger partial charge in [0.15, 0.2) is 5.82 Å². The van der Waals surface area contributed by atoms with Gasteiger partial charge in [0.2, 0.25) is 5.91 Å². The summed E-state index contributed by atoms with van der Waals surface area (Å²) in [5.74, 6) is 0.342. The summed E-state index contributed by atoms with van der Waals surface area (Å²) in [5.41, 5.74) is 4.44. The van der Waals surface area contributed by atoms with Crippen molar-refractivity contribution in [3.8, 4) is 5.00 Å². The van der Waals surface area contributed by atoms with E-state index >= 15 is 0 Å². The number of carboxylic acids is 1. The molecule has 0 bridgehead atoms. The van der Waals surface area contributed by atoms with E-state index in [4.69, 9.17) is 4.99 Å². The zero-order valence-corrected chi connectivity index (χ0v) is 27.8. The fourth-order valence-electron chi connectivity index (χ4n) is 5.93. The van der Waals surface area contributed by atoms with Gasteiger partial charge in [-0.25, -0.2) is 0 Å². The first-order chi connectivity index (χ1) is 21.3. The summed E-state index contributed by atoms with van der Waals surface area (Å²) in [4.78, 5) is 30.5. The summed E-state index contributed by atoms with van der Waals surface area (Å²) >= 11 is 1.64. The number of benzene rings is 1. The van der Waals surface area contributed by atoms with Crippen molar-refractivity contribution >= 4 is 34.6 Å². The van der Waals surface area contributed by atoms with E-state index in [1.165, 1.54) is 70.6 Å². The van der Waals surface area contributed by atoms with E-state index in [1.807, 2.05) is 35.8 Å². The number of aliphatic carboxylic acids is 1. The Hall–Kier alpha value is -3.33. The van der Waals surface area contributed by atoms with E-state index in [0.717, 1.165) is 50.8 Å². The number of carboxylic acid groups (broad SMARTS) is 1. The summed E-state index contributed by atoms with van der Waals surface area (Å²) in [7, 11) is 0. The molecule has 0 saturated carbocycles. The molecule has 0 saturated heterocycles. The molecule has 1 aliphatic rings. The first-order valence-electron chi connectivity index (χ1n) is 16.5. The molecule has 1 amide bonds. The smallest absolute Gasteiger partial charge is 0.306 e. The minimum Gasteiger partial charge on any atom is -0.481 e. The molecule has 238 valence electrons. The summed E-state index contributed by atoms with van der Waals surface area (Å²) < 4.78 is 1.95. The average molecular weight is 620 g/mol. The summed E-state index contributed by atoms with van der Waals surface area (Å²) in [6.07, 6.45) is 17.1. The van der Waals surface area contributed by atoms with E-state index in [1.54, 1.807) is 11.3 Å². The molecule has 0 spiro atoms. The highest BCUT2D eigenvalue weighted by Crippen LogP contribution is 2.39. The topological polar surface area (TPSA) is 109 Å². The number of amides is 1. The quantitative estimate of drug-likeness (QED) is 0.138. The molecule has 1 atom stereocenters. The van der Waals surface area contributed by atoms with Gasteiger partial charge in [0.05, 0.1) is 12.1 Å². The van der Waals surface area contributed by atoms with Gasteiger partial charge in [-0.1, -0.05) is 96.1 Å². The number of nitrogens with zero attached hydrogens (tertiary/aromatic N) is 4. The van der Waals surface area contributed by atoms with Crippen molar-refractivity contribution in [3.63, 3.8) is 0 Å². The van der Waals surface area contributed by atoms with Crippen LogP contribution in [0.1, 0.15) is 142 Å². The molecule has 0 unspecified atom stereocenters. The van der Waals surface area contributed by atoms with Crippen LogP contribution >= 0.6 is 11.3 Å². The number of thiophene rings is 1. The Kier molecular flexibility index (Phi) is 12.7. The Labute approximate surface area is 266 Å². The highest BCUT2D eigenvalue weighted by atomic mass is 32.1. The number of unbranched alkanes of at least 4 members (excludes halogenated alkanes) is 12. The lowest BCUT2D eigenvalue weighted by atomic mass is 9.99. The van der Waals surface area contributed by atoms with E-state index in [2.05, 4.69) is 36.3 Å². The van der Waals surface area contributed by atoms with Crippen LogP contribution in [0.15, 0.2) is 29.3 Å². The lowest BCUT2D eigenvalue weighted by molar-refractivity contribution is -0.137. The van der Waals surface area contributed by atoms with E-state index in [-0.39, 0.29) is 12.3 Å². The Morgan fingerprint density at radius 3 is 2.05 bits per heavy atom. The highest BCUT2D eigenvalue weighted by molar-refractivity contribution is 7.15. The second-order valence-corrected chi connectivity index (χ2v) is 13.3. The maximum Gasteiger partial charge on any atom is 0.306 e. The van der Waals surface area contributed by atoms with Gasteiger partial charge in [-0.05, 0) is 44.9 Å². The molecule has 0 fully saturated rings. The fourth-order valence-corrected chi connectivity index (χ4v) is 7.14. The molecule has 2 aromatic heterocycles. The summed E-state index contributed by atoms with van der Waals surface area (Å²) in [6, 6.07) is 7.04. The Morgan fingerprint density at radius 2 is 1.45 bits per heavy atom. The first kappa shape index (κ1) is 33.6. The van der Waals surface area contributed by atoms with Gasteiger partial charge in [-0.3, -0.25) is 19.1 Å². The molecule has 2 N–H and O–H groups in total. The standard InChI is InChI=1S/C35H49N5O3S/c1-5-6-7-8-9-10-11-12-13-14-15-16-17-18-30(41)36-28-21-19-27(20-22-28)33-32-24(2)25(3)44-35(32)40-26(4)38-39-34(40)29(37-33)23-31(42)43/h19-22,29H,5-18,23H2,1-4H3,(H,36,41)(H,42,43)/t29-/m0/s1. The molecule has 4 rings (SSSR count). The predicted octanol–water partition coefficient (Wildman–Crippen LogP) is 9.04. The van der Waals surface area contributed by atoms with Crippen LogP contribution in [0.3, 0.4) is 0 Å². The van der Waals surface area contributed by atoms with E-state index in [9.17, 15) is 14.7 Å². The first-order valence-corrected chi connectivity index (χ1v) is 17.3. The Balaban J connectivity index is 1.29. The number of hydrogen-bond donors (Lipinski definition) is 2. The SMILES string of the molecule is CCCCCCCCCCCCCCCC(=O)Nc1ccc(C2=N[C@@H](CC(=O)O)c3nnc(C)n3-c3sc(C)c(C)c32)cc1. The van der Waals surface area contributed by atoms with Gasteiger partial charge < -0.3 is 10.4 Å². The van der Waals surface area contributed by atoms with Gasteiger partial charge in [0.25, 0.3) is 0 Å². The molecule has 9 heteroatoms. The van der Waals surface area contributed by atoms with Crippen LogP contribution in [-0.4, -0.2) is 37.5 Å². The van der Waals surface area contributed by atoms with E-state index < -0.39 is 12.0 Å². The van der Waals surface area contributed by atoms with Crippen molar-refractivity contribution in [3.05, 3.63) is 57.5 Å². The molecule has 0 radical (unpaired) electrons. The molecule has 8 nitrogen and oxygen atoms in total. The number of carbonyl (C=O) groups excluding carboxylic acids is 1. The van der Waals surface area contributed by atoms with Crippen molar-refractivity contribution in [2.45, 2.75) is 130 Å². The number of rotatable bonds is 18. The third-order valence-electron chi connectivity index (χ3n) is 8.56. The number of aryl methyl sites for hydroxylation is 2. The third-order valence-corrected chi connectivity index (χ3v) is 9.75. The van der Waals surface area contributed by atoms with Gasteiger partial charge in [0, 0.05) is 28.1 Å². The van der Waals surface area contributed by atoms with Crippen LogP contribution < -0.4 is 5.32 Å². The normalized spacial score (nSPS) is 14.1. The van der Waals surface area contributed by atoms with Gasteiger partial charge in [0.1, 0.15) is 16.9 Å². The van der Waals surface area contributed by atoms with Crippen LogP contribution in [0, 0.1) is 20.8 Å². The van der Waals surface area contributed by atoms with E-state index in [0.29, 0.717) is 18.1 Å². The third kappa shape index (κ3) is 8.87. The number of anilines is 1. The maximum atomic E-state index is 12.6. The number of hydrogen-bond acceptors (Lipinski definition) is 6. The minimum atomic E-state index is -0.940. The largest absolute Gasteiger partial charge is 0.481 e. The number of aromatic nitrogens is 3. The fraction of sp³-hybridized carbons (Fsp3) is 0.571. The molecule has 1 aromatic carbocycles. The predicted molar refractivity (Wildman–Crippen MR) is 179 cm³/mol. The molecular formula is C35H49N5O3S. The zero-order chi connectivity index (χ0) is 31.5. The average Bonchev–Trinajstić information content (AvgIpc) is 3.47. The van der Waals surface area contributed by atoms with Crippen LogP contribution in [0.25, 0.3) is 5.00 Å². The van der Waals surface area contributed by atoms with Crippen LogP contribution in [0.4, 0.5) is 5.69 Å². The molecule has 44 heavy (non-hydrogen) atoms. The lowest BCUT2D eigenvalue weighted by Gasteiger charge is -2.12. The second kappa shape index (κ2) is 16.7. The maximum absolute atomic E-state index is 12.6. The van der Waals surface area contributed by atoms with Gasteiger partial charge in [-0.2, -0.15) is 0 Å². The van der Waals surface area contributed by atoms with Crippen LogP contribution in [0.2, 0.25) is 0 Å². The van der Waals surface area contributed by atoms with Gasteiger partial charge in [-0.15, -0.1) is 21.5 Å². The van der Waals surface area contributed by atoms with Crippen LogP contribution in [0.5, 0.6) is 0 Å². The zero-order valence-electron chi connectivity index (χ0n) is 27.0. The number of aliphatic imine (C=N–C) groups is 1. The van der Waals surface area contributed by atoms with Crippen molar-refractivity contribution in [1.29, 1.82) is 0 Å². The minimum absolute atomic E-state index is 0.0362. The Bertz CT molecular complexity index is 1420. The number of nitrogens with one attached hydrogen (secondary N) is 1. The lowest BCUT2D eigenvalue weighted by Crippen LogP contribution is -2.12. The summed E-state index contributed by atoms with van der Waals surface area (Å²) in [6.45, 7) is 8.29. The molecule has 1 aliphatic heterocycles. The monoisotopic (exact) mass is 619 g/mol. The van der Waals surface area contributed by atoms with Crippen molar-refractivity contribution in [2.24, 2.45) is 4.99 Å². The highest BCUT2D eigenvalue weighted by Gasteiger charge is 2.32. The second-order valence-electron chi connectivity index (χ2n) is 12.1. The van der Waals surface area contributed by atoms with Crippen molar-refractivity contribution < 1.29 is 14.7 Å². The van der Waals surface area contributed by atoms with Crippen molar-refractivity contribution in [1.82, 2.24) is 14.8 Å². The van der Waals surface area contributed by atoms with Crippen LogP contribution in [-0.2, 0) is 9.59 Å². The molecule has 3 heterocycles. The molecule has 3 aromatic rings. The number of carbonyl (C=O) groups is 2. The molecule has 0 aliphatic carbocycles. The van der Waals surface area contributed by atoms with Crippen molar-refractivity contribution in [2.75, 3.05) is 5.32 Å². The van der Waals surface area contributed by atoms with Gasteiger partial charge >= 0.3 is 5.97 Å².